The molecule has 2 rings (SSSR count). The van der Waals surface area contributed by atoms with E-state index in [-0.39, 0.29) is 11.6 Å². The van der Waals surface area contributed by atoms with Crippen molar-refractivity contribution >= 4 is 11.7 Å². The monoisotopic (exact) mass is 244 g/mol. The molecule has 2 aromatic rings. The zero-order chi connectivity index (χ0) is 13.0. The topological polar surface area (TPSA) is 77.0 Å². The van der Waals surface area contributed by atoms with E-state index in [1.165, 1.54) is 13.2 Å². The molecule has 18 heavy (non-hydrogen) atoms. The van der Waals surface area contributed by atoms with Crippen LogP contribution in [0.1, 0.15) is 16.1 Å². The lowest BCUT2D eigenvalue weighted by Crippen LogP contribution is -2.15. The van der Waals surface area contributed by atoms with Crippen molar-refractivity contribution in [2.45, 2.75) is 6.92 Å². The van der Waals surface area contributed by atoms with Crippen LogP contribution in [0.15, 0.2) is 30.5 Å². The van der Waals surface area contributed by atoms with E-state index in [2.05, 4.69) is 20.5 Å². The van der Waals surface area contributed by atoms with Crippen molar-refractivity contribution in [3.63, 3.8) is 0 Å². The lowest BCUT2D eigenvalue weighted by molar-refractivity contribution is 0.102. The third-order valence-corrected chi connectivity index (χ3v) is 2.24. The van der Waals surface area contributed by atoms with Gasteiger partial charge in [0.15, 0.2) is 5.69 Å². The van der Waals surface area contributed by atoms with Crippen molar-refractivity contribution in [1.29, 1.82) is 0 Å². The predicted octanol–water partition coefficient (Wildman–Crippen LogP) is 1.44. The Morgan fingerprint density at radius 2 is 2.11 bits per heavy atom. The number of hydrogen-bond donors (Lipinski definition) is 1. The van der Waals surface area contributed by atoms with Gasteiger partial charge in [-0.15, -0.1) is 10.2 Å². The molecule has 1 amide bonds. The van der Waals surface area contributed by atoms with Crippen LogP contribution < -0.4 is 10.1 Å². The summed E-state index contributed by atoms with van der Waals surface area (Å²) >= 11 is 0. The first-order valence-corrected chi connectivity index (χ1v) is 5.31. The molecule has 6 heteroatoms. The number of aryl methyl sites for hydroxylation is 1. The van der Waals surface area contributed by atoms with E-state index >= 15 is 0 Å². The van der Waals surface area contributed by atoms with Gasteiger partial charge in [-0.3, -0.25) is 4.79 Å². The minimum Gasteiger partial charge on any atom is -0.480 e. The molecule has 0 radical (unpaired) electrons. The Morgan fingerprint density at radius 1 is 1.28 bits per heavy atom. The zero-order valence-electron chi connectivity index (χ0n) is 10.0. The van der Waals surface area contributed by atoms with E-state index in [1.54, 1.807) is 18.3 Å². The van der Waals surface area contributed by atoms with Gasteiger partial charge in [0, 0.05) is 12.3 Å². The van der Waals surface area contributed by atoms with Crippen molar-refractivity contribution < 1.29 is 9.53 Å². The smallest absolute Gasteiger partial charge is 0.277 e. The zero-order valence-corrected chi connectivity index (χ0v) is 10.0. The Kier molecular flexibility index (Phi) is 3.47. The van der Waals surface area contributed by atoms with Crippen LogP contribution in [0, 0.1) is 6.92 Å². The number of pyridine rings is 1. The van der Waals surface area contributed by atoms with Gasteiger partial charge in [-0.1, -0.05) is 0 Å². The van der Waals surface area contributed by atoms with Gasteiger partial charge < -0.3 is 10.1 Å². The number of nitrogens with one attached hydrogen (secondary N) is 1. The molecule has 0 saturated carbocycles. The van der Waals surface area contributed by atoms with Crippen molar-refractivity contribution in [3.05, 3.63) is 41.7 Å². The van der Waals surface area contributed by atoms with Crippen LogP contribution in [0.2, 0.25) is 0 Å². The van der Waals surface area contributed by atoms with Crippen molar-refractivity contribution in [2.24, 2.45) is 0 Å². The van der Waals surface area contributed by atoms with E-state index in [1.807, 2.05) is 13.0 Å². The fourth-order valence-corrected chi connectivity index (χ4v) is 1.33. The molecule has 6 nitrogen and oxygen atoms in total. The van der Waals surface area contributed by atoms with Crippen LogP contribution in [0.3, 0.4) is 0 Å². The molecule has 2 heterocycles. The standard InChI is InChI=1S/C12H12N4O2/c1-8-5-6-13-10(7-8)14-12(17)9-3-4-11(18-2)16-15-9/h3-7H,1-2H3,(H,13,14,17). The maximum absolute atomic E-state index is 11.8. The van der Waals surface area contributed by atoms with E-state index in [9.17, 15) is 4.79 Å². The molecule has 0 unspecified atom stereocenters. The molecule has 0 aromatic carbocycles. The molecule has 0 atom stereocenters. The number of methoxy groups -OCH3 is 1. The highest BCUT2D eigenvalue weighted by Gasteiger charge is 2.09. The first kappa shape index (κ1) is 12.0. The largest absolute Gasteiger partial charge is 0.480 e. The average molecular weight is 244 g/mol. The molecule has 0 fully saturated rings. The highest BCUT2D eigenvalue weighted by atomic mass is 16.5. The number of amides is 1. The lowest BCUT2D eigenvalue weighted by atomic mass is 10.3. The minimum atomic E-state index is -0.358. The molecule has 0 aliphatic carbocycles. The number of nitrogens with zero attached hydrogens (tertiary/aromatic N) is 3. The molecule has 2 aromatic heterocycles. The SMILES string of the molecule is COc1ccc(C(=O)Nc2cc(C)ccn2)nn1. The number of rotatable bonds is 3. The highest BCUT2D eigenvalue weighted by Crippen LogP contribution is 2.08. The maximum atomic E-state index is 11.8. The summed E-state index contributed by atoms with van der Waals surface area (Å²) in [6.07, 6.45) is 1.63. The van der Waals surface area contributed by atoms with Crippen molar-refractivity contribution in [1.82, 2.24) is 15.2 Å². The summed E-state index contributed by atoms with van der Waals surface area (Å²) in [5.41, 5.74) is 1.22. The molecular weight excluding hydrogens is 232 g/mol. The summed E-state index contributed by atoms with van der Waals surface area (Å²) in [5.74, 6) is 0.487. The van der Waals surface area contributed by atoms with Crippen LogP contribution >= 0.6 is 0 Å². The lowest BCUT2D eigenvalue weighted by Gasteiger charge is -2.04. The first-order valence-electron chi connectivity index (χ1n) is 5.31. The number of carbonyl (C=O) groups is 1. The summed E-state index contributed by atoms with van der Waals surface area (Å²) in [5, 5.41) is 10.1. The number of hydrogen-bond acceptors (Lipinski definition) is 5. The van der Waals surface area contributed by atoms with Gasteiger partial charge in [0.1, 0.15) is 5.82 Å². The fourth-order valence-electron chi connectivity index (χ4n) is 1.33. The molecule has 0 aliphatic rings. The van der Waals surface area contributed by atoms with Gasteiger partial charge in [0.25, 0.3) is 5.91 Å². The molecule has 92 valence electrons. The number of carbonyl (C=O) groups excluding carboxylic acids is 1. The summed E-state index contributed by atoms with van der Waals surface area (Å²) in [6, 6.07) is 6.74. The van der Waals surface area contributed by atoms with Gasteiger partial charge in [-0.2, -0.15) is 0 Å². The van der Waals surface area contributed by atoms with E-state index in [4.69, 9.17) is 4.74 Å². The summed E-state index contributed by atoms with van der Waals surface area (Å²) in [6.45, 7) is 1.92. The summed E-state index contributed by atoms with van der Waals surface area (Å²) < 4.78 is 4.87. The van der Waals surface area contributed by atoms with E-state index in [0.717, 1.165) is 5.56 Å². The van der Waals surface area contributed by atoms with Crippen molar-refractivity contribution in [2.75, 3.05) is 12.4 Å². The summed E-state index contributed by atoms with van der Waals surface area (Å²) in [4.78, 5) is 15.9. The van der Waals surface area contributed by atoms with E-state index in [0.29, 0.717) is 11.7 Å². The minimum absolute atomic E-state index is 0.208. The molecule has 0 spiro atoms. The van der Waals surface area contributed by atoms with Crippen LogP contribution in [0.4, 0.5) is 5.82 Å². The van der Waals surface area contributed by atoms with Gasteiger partial charge in [-0.05, 0) is 30.7 Å². The third-order valence-electron chi connectivity index (χ3n) is 2.24. The van der Waals surface area contributed by atoms with Gasteiger partial charge in [0.2, 0.25) is 5.88 Å². The van der Waals surface area contributed by atoms with Crippen LogP contribution in [-0.4, -0.2) is 28.2 Å². The second kappa shape index (κ2) is 5.22. The van der Waals surface area contributed by atoms with Gasteiger partial charge >= 0.3 is 0 Å². The Labute approximate surface area is 104 Å². The number of aromatic nitrogens is 3. The molecule has 1 N–H and O–H groups in total. The Balaban J connectivity index is 2.11. The second-order valence-corrected chi connectivity index (χ2v) is 3.63. The van der Waals surface area contributed by atoms with Gasteiger partial charge in [0.05, 0.1) is 7.11 Å². The predicted molar refractivity (Wildman–Crippen MR) is 65.5 cm³/mol. The first-order chi connectivity index (χ1) is 8.69. The van der Waals surface area contributed by atoms with E-state index < -0.39 is 0 Å². The van der Waals surface area contributed by atoms with Crippen LogP contribution in [0.25, 0.3) is 0 Å². The van der Waals surface area contributed by atoms with Crippen LogP contribution in [-0.2, 0) is 0 Å². The quantitative estimate of drug-likeness (QED) is 0.884. The van der Waals surface area contributed by atoms with Crippen LogP contribution in [0.5, 0.6) is 5.88 Å². The normalized spacial score (nSPS) is 9.89. The molecule has 0 aliphatic heterocycles. The second-order valence-electron chi connectivity index (χ2n) is 3.63. The Bertz CT molecular complexity index is 554. The fraction of sp³-hybridized carbons (Fsp3) is 0.167. The molecule has 0 saturated heterocycles. The maximum Gasteiger partial charge on any atom is 0.277 e. The Morgan fingerprint density at radius 3 is 2.72 bits per heavy atom. The number of anilines is 1. The van der Waals surface area contributed by atoms with Gasteiger partial charge in [-0.25, -0.2) is 4.98 Å². The van der Waals surface area contributed by atoms with Crippen molar-refractivity contribution in [3.8, 4) is 5.88 Å². The highest BCUT2D eigenvalue weighted by molar-refractivity contribution is 6.02. The third kappa shape index (κ3) is 2.79. The Hall–Kier alpha value is -2.50. The number of ether oxygens (including phenoxy) is 1. The molecular formula is C12H12N4O2. The average Bonchev–Trinajstić information content (AvgIpc) is 2.39. The summed E-state index contributed by atoms with van der Waals surface area (Å²) in [7, 11) is 1.49. The molecule has 0 bridgehead atoms.